The summed E-state index contributed by atoms with van der Waals surface area (Å²) in [5.41, 5.74) is 0.886. The zero-order valence-corrected chi connectivity index (χ0v) is 13.4. The van der Waals surface area contributed by atoms with E-state index in [-0.39, 0.29) is 11.7 Å². The van der Waals surface area contributed by atoms with Gasteiger partial charge in [-0.3, -0.25) is 14.2 Å². The Morgan fingerprint density at radius 2 is 2.27 bits per heavy atom. The lowest BCUT2D eigenvalue weighted by molar-refractivity contribution is 0.0920. The van der Waals surface area contributed by atoms with Crippen molar-refractivity contribution < 1.29 is 9.21 Å². The number of hydrogen-bond donors (Lipinski definition) is 1. The van der Waals surface area contributed by atoms with Gasteiger partial charge in [0.05, 0.1) is 29.5 Å². The molecule has 0 aliphatic rings. The second kappa shape index (κ2) is 6.18. The summed E-state index contributed by atoms with van der Waals surface area (Å²) in [6, 6.07) is 5.27. The van der Waals surface area contributed by atoms with Gasteiger partial charge in [-0.1, -0.05) is 0 Å². The van der Waals surface area contributed by atoms with E-state index in [4.69, 9.17) is 4.42 Å². The molecule has 3 aromatic rings. The number of nitrogens with one attached hydrogen (secondary N) is 1. The molecule has 7 nitrogen and oxygen atoms in total. The largest absolute Gasteiger partial charge is 0.454 e. The van der Waals surface area contributed by atoms with Gasteiger partial charge in [0.25, 0.3) is 5.91 Å². The van der Waals surface area contributed by atoms with Crippen LogP contribution in [0.3, 0.4) is 0 Å². The van der Waals surface area contributed by atoms with Crippen LogP contribution in [0.1, 0.15) is 22.0 Å². The Hall–Kier alpha value is -2.35. The first-order chi connectivity index (χ1) is 10.6. The highest BCUT2D eigenvalue weighted by atomic mass is 79.9. The van der Waals surface area contributed by atoms with Crippen molar-refractivity contribution in [1.82, 2.24) is 24.9 Å². The number of hydrogen-bond acceptors (Lipinski definition) is 4. The predicted molar refractivity (Wildman–Crippen MR) is 82.1 cm³/mol. The SMILES string of the molecule is Cn1ncc(Br)c1CNC(=O)c1ccc(Cn2cccn2)o1. The average Bonchev–Trinajstić information content (AvgIpc) is 3.22. The van der Waals surface area contributed by atoms with Gasteiger partial charge >= 0.3 is 0 Å². The summed E-state index contributed by atoms with van der Waals surface area (Å²) in [4.78, 5) is 12.1. The fourth-order valence-corrected chi connectivity index (χ4v) is 2.51. The second-order valence-electron chi connectivity index (χ2n) is 4.72. The normalized spacial score (nSPS) is 10.8. The molecule has 0 bridgehead atoms. The van der Waals surface area contributed by atoms with Crippen LogP contribution >= 0.6 is 15.9 Å². The first-order valence-corrected chi connectivity index (χ1v) is 7.43. The number of aromatic nitrogens is 4. The van der Waals surface area contributed by atoms with E-state index in [1.165, 1.54) is 0 Å². The molecule has 1 amide bonds. The van der Waals surface area contributed by atoms with Crippen LogP contribution in [0.15, 0.2) is 45.7 Å². The Morgan fingerprint density at radius 1 is 1.41 bits per heavy atom. The molecular weight excluding hydrogens is 350 g/mol. The fraction of sp³-hybridized carbons (Fsp3) is 0.214. The molecular formula is C14H14BrN5O2. The molecule has 0 aromatic carbocycles. The lowest BCUT2D eigenvalue weighted by Crippen LogP contribution is -2.23. The molecule has 3 heterocycles. The van der Waals surface area contributed by atoms with Crippen molar-refractivity contribution in [2.24, 2.45) is 7.05 Å². The van der Waals surface area contributed by atoms with Gasteiger partial charge in [0.2, 0.25) is 0 Å². The molecule has 0 saturated carbocycles. The molecule has 8 heteroatoms. The molecule has 1 N–H and O–H groups in total. The highest BCUT2D eigenvalue weighted by Gasteiger charge is 2.13. The summed E-state index contributed by atoms with van der Waals surface area (Å²) in [7, 11) is 1.82. The van der Waals surface area contributed by atoms with Gasteiger partial charge in [0, 0.05) is 19.4 Å². The van der Waals surface area contributed by atoms with E-state index in [1.807, 2.05) is 19.3 Å². The first kappa shape index (κ1) is 14.6. The van der Waals surface area contributed by atoms with Gasteiger partial charge in [-0.2, -0.15) is 10.2 Å². The quantitative estimate of drug-likeness (QED) is 0.751. The number of rotatable bonds is 5. The van der Waals surface area contributed by atoms with Crippen molar-refractivity contribution >= 4 is 21.8 Å². The molecule has 0 saturated heterocycles. The van der Waals surface area contributed by atoms with Gasteiger partial charge < -0.3 is 9.73 Å². The number of halogens is 1. The van der Waals surface area contributed by atoms with Gasteiger partial charge in [0.1, 0.15) is 5.76 Å². The molecule has 3 aromatic heterocycles. The minimum absolute atomic E-state index is 0.264. The van der Waals surface area contributed by atoms with Crippen molar-refractivity contribution in [2.75, 3.05) is 0 Å². The maximum Gasteiger partial charge on any atom is 0.287 e. The van der Waals surface area contributed by atoms with Crippen LogP contribution in [0.25, 0.3) is 0 Å². The topological polar surface area (TPSA) is 77.9 Å². The van der Waals surface area contributed by atoms with Crippen LogP contribution in [0, 0.1) is 0 Å². The Bertz CT molecular complexity index is 756. The Labute approximate surface area is 135 Å². The van der Waals surface area contributed by atoms with E-state index < -0.39 is 0 Å². The van der Waals surface area contributed by atoms with Crippen LogP contribution in [0.4, 0.5) is 0 Å². The number of carbonyl (C=O) groups is 1. The second-order valence-corrected chi connectivity index (χ2v) is 5.57. The minimum atomic E-state index is -0.264. The maximum absolute atomic E-state index is 12.1. The number of furan rings is 1. The highest BCUT2D eigenvalue weighted by Crippen LogP contribution is 2.15. The Balaban J connectivity index is 1.62. The van der Waals surface area contributed by atoms with Crippen LogP contribution < -0.4 is 5.32 Å². The van der Waals surface area contributed by atoms with Crippen LogP contribution in [0.5, 0.6) is 0 Å². The summed E-state index contributed by atoms with van der Waals surface area (Å²) in [6.07, 6.45) is 5.22. The van der Waals surface area contributed by atoms with Crippen molar-refractivity contribution in [3.8, 4) is 0 Å². The molecule has 0 fully saturated rings. The Kier molecular flexibility index (Phi) is 4.10. The molecule has 0 aliphatic heterocycles. The summed E-state index contributed by atoms with van der Waals surface area (Å²) < 4.78 is 9.83. The monoisotopic (exact) mass is 363 g/mol. The van der Waals surface area contributed by atoms with Crippen molar-refractivity contribution in [1.29, 1.82) is 0 Å². The molecule has 3 rings (SSSR count). The zero-order chi connectivity index (χ0) is 15.5. The molecule has 0 aliphatic carbocycles. The van der Waals surface area contributed by atoms with Gasteiger partial charge in [-0.25, -0.2) is 0 Å². The highest BCUT2D eigenvalue weighted by molar-refractivity contribution is 9.10. The summed E-state index contributed by atoms with van der Waals surface area (Å²) in [5.74, 6) is 0.691. The maximum atomic E-state index is 12.1. The zero-order valence-electron chi connectivity index (χ0n) is 11.9. The molecule has 0 unspecified atom stereocenters. The minimum Gasteiger partial charge on any atom is -0.454 e. The molecule has 0 radical (unpaired) electrons. The smallest absolute Gasteiger partial charge is 0.287 e. The van der Waals surface area contributed by atoms with E-state index in [0.717, 1.165) is 10.2 Å². The third-order valence-corrected chi connectivity index (χ3v) is 3.85. The lowest BCUT2D eigenvalue weighted by Gasteiger charge is -2.04. The summed E-state index contributed by atoms with van der Waals surface area (Å²) >= 11 is 3.39. The van der Waals surface area contributed by atoms with E-state index in [0.29, 0.717) is 18.8 Å². The molecule has 0 atom stereocenters. The van der Waals surface area contributed by atoms with E-state index in [9.17, 15) is 4.79 Å². The van der Waals surface area contributed by atoms with E-state index in [1.54, 1.807) is 33.9 Å². The van der Waals surface area contributed by atoms with Crippen molar-refractivity contribution in [2.45, 2.75) is 13.1 Å². The number of carbonyl (C=O) groups excluding carboxylic acids is 1. The standard InChI is InChI=1S/C14H14BrN5O2/c1-19-12(11(15)7-18-19)8-16-14(21)13-4-3-10(22-13)9-20-6-2-5-17-20/h2-7H,8-9H2,1H3,(H,16,21). The lowest BCUT2D eigenvalue weighted by atomic mass is 10.3. The third-order valence-electron chi connectivity index (χ3n) is 3.19. The van der Waals surface area contributed by atoms with Gasteiger partial charge in [-0.15, -0.1) is 0 Å². The number of amides is 1. The Morgan fingerprint density at radius 3 is 2.95 bits per heavy atom. The molecule has 114 valence electrons. The predicted octanol–water partition coefficient (Wildman–Crippen LogP) is 1.95. The number of aryl methyl sites for hydroxylation is 1. The molecule has 0 spiro atoms. The van der Waals surface area contributed by atoms with Gasteiger partial charge in [0.15, 0.2) is 5.76 Å². The van der Waals surface area contributed by atoms with Crippen molar-refractivity contribution in [3.63, 3.8) is 0 Å². The fourth-order valence-electron chi connectivity index (χ4n) is 2.02. The average molecular weight is 364 g/mol. The summed E-state index contributed by atoms with van der Waals surface area (Å²) in [5, 5.41) is 11.0. The van der Waals surface area contributed by atoms with E-state index >= 15 is 0 Å². The van der Waals surface area contributed by atoms with Crippen molar-refractivity contribution in [3.05, 3.63) is 58.5 Å². The van der Waals surface area contributed by atoms with Crippen LogP contribution in [-0.2, 0) is 20.1 Å². The van der Waals surface area contributed by atoms with Crippen LogP contribution in [-0.4, -0.2) is 25.5 Å². The first-order valence-electron chi connectivity index (χ1n) is 6.64. The third kappa shape index (κ3) is 3.11. The molecule has 22 heavy (non-hydrogen) atoms. The van der Waals surface area contributed by atoms with Gasteiger partial charge in [-0.05, 0) is 34.1 Å². The van der Waals surface area contributed by atoms with E-state index in [2.05, 4.69) is 31.4 Å². The number of nitrogens with zero attached hydrogens (tertiary/aromatic N) is 4. The van der Waals surface area contributed by atoms with Crippen LogP contribution in [0.2, 0.25) is 0 Å². The summed E-state index contributed by atoms with van der Waals surface area (Å²) in [6.45, 7) is 0.860.